The molecule has 51 heavy (non-hydrogen) atoms. The van der Waals surface area contributed by atoms with Gasteiger partial charge in [0.2, 0.25) is 0 Å². The molecule has 0 unspecified atom stereocenters. The molecule has 7 nitrogen and oxygen atoms in total. The zero-order valence-electron chi connectivity index (χ0n) is 33.5. The van der Waals surface area contributed by atoms with Crippen LogP contribution in [0.3, 0.4) is 0 Å². The molecule has 296 valence electrons. The Hall–Kier alpha value is -1.83. The Morgan fingerprint density at radius 3 is 1.35 bits per heavy atom. The topological polar surface area (TPSA) is 71.5 Å². The van der Waals surface area contributed by atoms with Crippen molar-refractivity contribution in [2.75, 3.05) is 59.1 Å². The third-order valence-electron chi connectivity index (χ3n) is 10.4. The highest BCUT2D eigenvalue weighted by atomic mass is 16.5. The van der Waals surface area contributed by atoms with E-state index in [1.807, 2.05) is 18.2 Å². The summed E-state index contributed by atoms with van der Waals surface area (Å²) in [6.45, 7) is 12.0. The molecule has 0 aromatic heterocycles. The Balaban J connectivity index is 1.68. The van der Waals surface area contributed by atoms with Gasteiger partial charge in [-0.25, -0.2) is 0 Å². The number of benzene rings is 1. The van der Waals surface area contributed by atoms with Crippen LogP contribution in [0.1, 0.15) is 180 Å². The minimum atomic E-state index is -0.153. The summed E-state index contributed by atoms with van der Waals surface area (Å²) in [5.74, 6) is 1.46. The average Bonchev–Trinajstić information content (AvgIpc) is 3.14. The Labute approximate surface area is 314 Å². The molecule has 1 heterocycles. The smallest absolute Gasteiger partial charge is 0.306 e. The lowest BCUT2D eigenvalue weighted by atomic mass is 10.0. The maximum absolute atomic E-state index is 12.6. The van der Waals surface area contributed by atoms with E-state index < -0.39 is 0 Å². The second kappa shape index (κ2) is 32.8. The van der Waals surface area contributed by atoms with Gasteiger partial charge in [0.1, 0.15) is 18.1 Å². The molecule has 1 aliphatic heterocycles. The van der Waals surface area contributed by atoms with E-state index in [9.17, 15) is 4.79 Å². The van der Waals surface area contributed by atoms with Crippen LogP contribution in [0.25, 0.3) is 0 Å². The van der Waals surface area contributed by atoms with Gasteiger partial charge in [-0.05, 0) is 43.5 Å². The molecule has 0 atom stereocenters. The lowest BCUT2D eigenvalue weighted by Gasteiger charge is -2.34. The largest absolute Gasteiger partial charge is 0.493 e. The zero-order chi connectivity index (χ0) is 36.5. The second-order valence-corrected chi connectivity index (χ2v) is 15.1. The summed E-state index contributed by atoms with van der Waals surface area (Å²) in [7, 11) is 0. The van der Waals surface area contributed by atoms with Crippen LogP contribution < -0.4 is 9.47 Å². The van der Waals surface area contributed by atoms with E-state index in [0.29, 0.717) is 19.6 Å². The first kappa shape index (κ1) is 45.3. The summed E-state index contributed by atoms with van der Waals surface area (Å²) < 4.78 is 18.1. The van der Waals surface area contributed by atoms with Crippen molar-refractivity contribution in [2.24, 2.45) is 0 Å². The van der Waals surface area contributed by atoms with Crippen LogP contribution in [0.2, 0.25) is 0 Å². The summed E-state index contributed by atoms with van der Waals surface area (Å²) >= 11 is 0. The van der Waals surface area contributed by atoms with Crippen molar-refractivity contribution in [1.29, 1.82) is 0 Å². The van der Waals surface area contributed by atoms with Gasteiger partial charge in [0.15, 0.2) is 0 Å². The van der Waals surface area contributed by atoms with Gasteiger partial charge in [0, 0.05) is 45.2 Å². The molecule has 0 saturated carbocycles. The highest BCUT2D eigenvalue weighted by molar-refractivity contribution is 5.69. The molecule has 1 aromatic carbocycles. The van der Waals surface area contributed by atoms with E-state index in [1.54, 1.807) is 0 Å². The Morgan fingerprint density at radius 1 is 0.549 bits per heavy atom. The van der Waals surface area contributed by atoms with Crippen molar-refractivity contribution in [3.05, 3.63) is 23.8 Å². The summed E-state index contributed by atoms with van der Waals surface area (Å²) in [4.78, 5) is 17.3. The molecule has 1 aliphatic rings. The summed E-state index contributed by atoms with van der Waals surface area (Å²) in [5, 5.41) is 9.15. The average molecular weight is 717 g/mol. The maximum Gasteiger partial charge on any atom is 0.306 e. The highest BCUT2D eigenvalue weighted by Crippen LogP contribution is 2.25. The summed E-state index contributed by atoms with van der Waals surface area (Å²) in [5.41, 5.74) is 0.920. The minimum absolute atomic E-state index is 0.153. The first-order valence-corrected chi connectivity index (χ1v) is 21.7. The van der Waals surface area contributed by atoms with Crippen molar-refractivity contribution in [3.63, 3.8) is 0 Å². The maximum atomic E-state index is 12.6. The van der Waals surface area contributed by atoms with E-state index >= 15 is 0 Å². The lowest BCUT2D eigenvalue weighted by molar-refractivity contribution is -0.145. The number of hydrogen-bond donors (Lipinski definition) is 1. The van der Waals surface area contributed by atoms with Crippen LogP contribution in [0.15, 0.2) is 18.2 Å². The van der Waals surface area contributed by atoms with Crippen molar-refractivity contribution >= 4 is 5.97 Å². The number of carbonyl (C=O) groups excluding carboxylic acids is 1. The molecule has 0 spiro atoms. The quantitative estimate of drug-likeness (QED) is 0.0554. The molecule has 0 aliphatic carbocycles. The van der Waals surface area contributed by atoms with Gasteiger partial charge in [-0.2, -0.15) is 0 Å². The van der Waals surface area contributed by atoms with Gasteiger partial charge < -0.3 is 24.2 Å². The van der Waals surface area contributed by atoms with E-state index in [4.69, 9.17) is 19.3 Å². The number of hydrogen-bond acceptors (Lipinski definition) is 7. The molecule has 1 N–H and O–H groups in total. The monoisotopic (exact) mass is 717 g/mol. The molecule has 0 radical (unpaired) electrons. The van der Waals surface area contributed by atoms with Gasteiger partial charge in [-0.1, -0.05) is 149 Å². The van der Waals surface area contributed by atoms with Gasteiger partial charge in [-0.15, -0.1) is 0 Å². The van der Waals surface area contributed by atoms with Crippen LogP contribution in [0.4, 0.5) is 0 Å². The Bertz CT molecular complexity index is 936. The van der Waals surface area contributed by atoms with E-state index in [0.717, 1.165) is 75.6 Å². The van der Waals surface area contributed by atoms with Crippen molar-refractivity contribution in [2.45, 2.75) is 181 Å². The molecule has 2 rings (SSSR count). The Morgan fingerprint density at radius 2 is 0.941 bits per heavy atom. The van der Waals surface area contributed by atoms with Crippen molar-refractivity contribution in [1.82, 2.24) is 9.80 Å². The number of nitrogens with zero attached hydrogens (tertiary/aromatic N) is 2. The predicted molar refractivity (Wildman–Crippen MR) is 214 cm³/mol. The van der Waals surface area contributed by atoms with Crippen LogP contribution >= 0.6 is 0 Å². The van der Waals surface area contributed by atoms with Crippen molar-refractivity contribution < 1.29 is 24.1 Å². The fourth-order valence-electron chi connectivity index (χ4n) is 7.03. The Kier molecular flexibility index (Phi) is 29.1. The van der Waals surface area contributed by atoms with E-state index in [-0.39, 0.29) is 19.2 Å². The summed E-state index contributed by atoms with van der Waals surface area (Å²) in [6, 6.07) is 6.02. The second-order valence-electron chi connectivity index (χ2n) is 15.1. The van der Waals surface area contributed by atoms with Gasteiger partial charge in [0.25, 0.3) is 0 Å². The number of piperazine rings is 1. The molecule has 0 amide bonds. The van der Waals surface area contributed by atoms with E-state index in [2.05, 4.69) is 23.6 Å². The fourth-order valence-corrected chi connectivity index (χ4v) is 7.03. The van der Waals surface area contributed by atoms with Crippen LogP contribution in [0.5, 0.6) is 11.5 Å². The normalized spacial score (nSPS) is 13.9. The zero-order valence-corrected chi connectivity index (χ0v) is 33.5. The van der Waals surface area contributed by atoms with Crippen LogP contribution in [-0.4, -0.2) is 80.0 Å². The van der Waals surface area contributed by atoms with Gasteiger partial charge >= 0.3 is 5.97 Å². The summed E-state index contributed by atoms with van der Waals surface area (Å²) in [6.07, 6.45) is 31.7. The first-order valence-electron chi connectivity index (χ1n) is 21.7. The predicted octanol–water partition coefficient (Wildman–Crippen LogP) is 10.9. The molecule has 1 fully saturated rings. The standard InChI is InChI=1S/C44H80N2O5/c1-3-5-7-9-11-13-14-15-16-17-19-21-23-25-36-50-43-38-41(37-42(39-43)49-35-24-22-20-18-12-10-8-6-4-2)40-51-44(48)27-26-28-45-29-31-46(32-30-45)33-34-47/h37-39,47H,3-36,40H2,1-2H3. The number of aliphatic hydroxyl groups is 1. The molecular weight excluding hydrogens is 636 g/mol. The number of ether oxygens (including phenoxy) is 3. The number of β-amino-alcohol motifs (C(OH)–C–C–N with tert-alkyl or cyclic N) is 1. The molecule has 7 heteroatoms. The van der Waals surface area contributed by atoms with E-state index in [1.165, 1.54) is 135 Å². The fraction of sp³-hybridized carbons (Fsp3) is 0.841. The number of rotatable bonds is 35. The molecule has 1 saturated heterocycles. The number of carbonyl (C=O) groups is 1. The van der Waals surface area contributed by atoms with Crippen LogP contribution in [0, 0.1) is 0 Å². The van der Waals surface area contributed by atoms with Crippen LogP contribution in [-0.2, 0) is 16.1 Å². The third kappa shape index (κ3) is 25.7. The van der Waals surface area contributed by atoms with Crippen molar-refractivity contribution in [3.8, 4) is 11.5 Å². The highest BCUT2D eigenvalue weighted by Gasteiger charge is 2.16. The number of esters is 1. The molecule has 0 bridgehead atoms. The third-order valence-corrected chi connectivity index (χ3v) is 10.4. The number of aliphatic hydroxyl groups excluding tert-OH is 1. The number of unbranched alkanes of at least 4 members (excludes halogenated alkanes) is 21. The minimum Gasteiger partial charge on any atom is -0.493 e. The molecule has 1 aromatic rings. The molecular formula is C44H80N2O5. The van der Waals surface area contributed by atoms with Gasteiger partial charge in [0.05, 0.1) is 19.8 Å². The SMILES string of the molecule is CCCCCCCCCCCCCCCCOc1cc(COC(=O)CCCN2CCN(CCO)CC2)cc(OCCCCCCCCCCC)c1. The van der Waals surface area contributed by atoms with Gasteiger partial charge in [-0.3, -0.25) is 9.69 Å². The first-order chi connectivity index (χ1) is 25.1. The lowest BCUT2D eigenvalue weighted by Crippen LogP contribution is -2.47.